The van der Waals surface area contributed by atoms with Gasteiger partial charge in [0.2, 0.25) is 0 Å². The van der Waals surface area contributed by atoms with Gasteiger partial charge in [0.05, 0.1) is 5.56 Å². The summed E-state index contributed by atoms with van der Waals surface area (Å²) < 4.78 is 13.0. The van der Waals surface area contributed by atoms with Crippen LogP contribution in [0.1, 0.15) is 55.1 Å². The Balaban J connectivity index is 1.26. The van der Waals surface area contributed by atoms with Crippen LogP contribution in [0.25, 0.3) is 21.5 Å². The molecule has 8 nitrogen and oxygen atoms in total. The normalized spacial score (nSPS) is 14.8. The van der Waals surface area contributed by atoms with Crippen LogP contribution in [0.5, 0.6) is 0 Å². The topological polar surface area (TPSA) is 124 Å². The van der Waals surface area contributed by atoms with Crippen molar-refractivity contribution in [3.63, 3.8) is 0 Å². The van der Waals surface area contributed by atoms with E-state index in [1.54, 1.807) is 60.7 Å². The molecule has 45 heavy (non-hydrogen) atoms. The largest absolute Gasteiger partial charge is 0.352 e. The maximum atomic E-state index is 14.2. The minimum absolute atomic E-state index is 0.0109. The third kappa shape index (κ3) is 6.45. The molecule has 1 heterocycles. The molecule has 1 fully saturated rings. The number of carbonyl (C=O) groups excluding carboxylic acids is 3. The first-order chi connectivity index (χ1) is 21.7. The Bertz CT molecular complexity index is 1940. The number of piperidine rings is 1. The molecule has 1 unspecified atom stereocenters. The van der Waals surface area contributed by atoms with Gasteiger partial charge in [-0.1, -0.05) is 84.9 Å². The first-order valence-electron chi connectivity index (χ1n) is 14.9. The van der Waals surface area contributed by atoms with Crippen molar-refractivity contribution in [2.24, 2.45) is 5.92 Å². The Morgan fingerprint density at radius 3 is 2.00 bits per heavy atom. The summed E-state index contributed by atoms with van der Waals surface area (Å²) in [4.78, 5) is 63.7. The van der Waals surface area contributed by atoms with E-state index in [1.807, 2.05) is 53.4 Å². The predicted octanol–water partition coefficient (Wildman–Crippen LogP) is 6.38. The number of nitrogens with zero attached hydrogens (tertiary/aromatic N) is 1. The van der Waals surface area contributed by atoms with Crippen LogP contribution in [-0.4, -0.2) is 51.9 Å². The van der Waals surface area contributed by atoms with Crippen molar-refractivity contribution in [3.8, 4) is 0 Å². The molecule has 0 bridgehead atoms. The third-order valence-corrected chi connectivity index (χ3v) is 9.76. The van der Waals surface area contributed by atoms with Crippen molar-refractivity contribution in [1.82, 2.24) is 10.2 Å². The lowest BCUT2D eigenvalue weighted by Gasteiger charge is -2.32. The summed E-state index contributed by atoms with van der Waals surface area (Å²) in [7, 11) is -5.02. The van der Waals surface area contributed by atoms with Gasteiger partial charge >= 0.3 is 7.60 Å². The van der Waals surface area contributed by atoms with E-state index in [-0.39, 0.29) is 28.5 Å². The summed E-state index contributed by atoms with van der Waals surface area (Å²) in [6, 6.07) is 31.7. The second-order valence-corrected chi connectivity index (χ2v) is 13.2. The SMILES string of the molecule is O=C(NCC1CCN(C(=O)c2ccccc2)CC1)c1cc2ccccc2cc1C(=O)C(c1cccc2ccccc12)P(=O)(O)O. The van der Waals surface area contributed by atoms with E-state index >= 15 is 0 Å². The number of benzene rings is 5. The average molecular weight is 621 g/mol. The van der Waals surface area contributed by atoms with Crippen LogP contribution in [0.15, 0.2) is 109 Å². The lowest BCUT2D eigenvalue weighted by molar-refractivity contribution is 0.0684. The fraction of sp³-hybridized carbons (Fsp3) is 0.194. The standard InChI is InChI=1S/C36H33N2O6P/c39-33(34(45(42,43)44)30-16-8-14-25-9-6-7-15-29(25)30)31-21-27-12-4-5-13-28(27)22-32(31)35(40)37-23-24-17-19-38(20-18-24)36(41)26-10-2-1-3-11-26/h1-16,21-22,24,34H,17-20,23H2,(H,37,40)(H2,42,43,44). The molecule has 5 aromatic rings. The first-order valence-corrected chi connectivity index (χ1v) is 16.6. The fourth-order valence-electron chi connectivity index (χ4n) is 6.18. The summed E-state index contributed by atoms with van der Waals surface area (Å²) in [5.74, 6) is -1.19. The highest BCUT2D eigenvalue weighted by molar-refractivity contribution is 7.53. The fourth-order valence-corrected chi connectivity index (χ4v) is 7.21. The van der Waals surface area contributed by atoms with E-state index in [0.29, 0.717) is 48.8 Å². The second kappa shape index (κ2) is 12.8. The van der Waals surface area contributed by atoms with Gasteiger partial charge in [-0.05, 0) is 70.1 Å². The molecule has 6 rings (SSSR count). The zero-order valence-corrected chi connectivity index (χ0v) is 25.4. The second-order valence-electron chi connectivity index (χ2n) is 11.5. The molecule has 0 radical (unpaired) electrons. The zero-order valence-electron chi connectivity index (χ0n) is 24.5. The maximum absolute atomic E-state index is 14.2. The van der Waals surface area contributed by atoms with Crippen molar-refractivity contribution in [2.75, 3.05) is 19.6 Å². The van der Waals surface area contributed by atoms with Crippen LogP contribution in [-0.2, 0) is 4.57 Å². The van der Waals surface area contributed by atoms with Crippen LogP contribution >= 0.6 is 7.60 Å². The van der Waals surface area contributed by atoms with Gasteiger partial charge in [0.15, 0.2) is 5.78 Å². The average Bonchev–Trinajstić information content (AvgIpc) is 3.06. The van der Waals surface area contributed by atoms with Crippen molar-refractivity contribution in [3.05, 3.63) is 131 Å². The molecule has 1 aliphatic heterocycles. The van der Waals surface area contributed by atoms with E-state index < -0.39 is 24.9 Å². The number of ketones is 1. The molecule has 0 aliphatic carbocycles. The van der Waals surface area contributed by atoms with Gasteiger partial charge in [0.25, 0.3) is 11.8 Å². The summed E-state index contributed by atoms with van der Waals surface area (Å²) in [5, 5.41) is 5.67. The van der Waals surface area contributed by atoms with Gasteiger partial charge in [-0.3, -0.25) is 18.9 Å². The van der Waals surface area contributed by atoms with E-state index in [1.165, 1.54) is 0 Å². The van der Waals surface area contributed by atoms with E-state index in [9.17, 15) is 28.7 Å². The summed E-state index contributed by atoms with van der Waals surface area (Å²) in [5.41, 5.74) is -0.912. The quantitative estimate of drug-likeness (QED) is 0.137. The molecule has 1 atom stereocenters. The molecule has 1 aliphatic rings. The molecule has 9 heteroatoms. The van der Waals surface area contributed by atoms with Crippen molar-refractivity contribution < 1.29 is 28.7 Å². The monoisotopic (exact) mass is 620 g/mol. The number of rotatable bonds is 8. The number of amides is 2. The highest BCUT2D eigenvalue weighted by Crippen LogP contribution is 2.55. The summed E-state index contributed by atoms with van der Waals surface area (Å²) in [6.45, 7) is 1.49. The van der Waals surface area contributed by atoms with E-state index in [2.05, 4.69) is 5.32 Å². The third-order valence-electron chi connectivity index (χ3n) is 8.57. The van der Waals surface area contributed by atoms with Crippen molar-refractivity contribution in [1.29, 1.82) is 0 Å². The van der Waals surface area contributed by atoms with Gasteiger partial charge in [-0.15, -0.1) is 0 Å². The lowest BCUT2D eigenvalue weighted by Crippen LogP contribution is -2.41. The van der Waals surface area contributed by atoms with Crippen molar-refractivity contribution in [2.45, 2.75) is 18.5 Å². The number of likely N-dealkylation sites (tertiary alicyclic amines) is 1. The Morgan fingerprint density at radius 2 is 1.33 bits per heavy atom. The minimum Gasteiger partial charge on any atom is -0.352 e. The minimum atomic E-state index is -5.02. The Hall–Kier alpha value is -4.62. The van der Waals surface area contributed by atoms with Gasteiger partial charge < -0.3 is 20.0 Å². The van der Waals surface area contributed by atoms with E-state index in [4.69, 9.17) is 0 Å². The zero-order chi connectivity index (χ0) is 31.6. The molecule has 0 saturated carbocycles. The molecule has 0 aromatic heterocycles. The lowest BCUT2D eigenvalue weighted by atomic mass is 9.92. The smallest absolute Gasteiger partial charge is 0.340 e. The van der Waals surface area contributed by atoms with Crippen molar-refractivity contribution >= 4 is 46.7 Å². The summed E-state index contributed by atoms with van der Waals surface area (Å²) in [6.07, 6.45) is 1.42. The van der Waals surface area contributed by atoms with Gasteiger partial charge in [0.1, 0.15) is 5.66 Å². The Labute approximate surface area is 260 Å². The number of hydrogen-bond donors (Lipinski definition) is 3. The molecule has 3 N–H and O–H groups in total. The van der Waals surface area contributed by atoms with Crippen LogP contribution in [0.4, 0.5) is 0 Å². The van der Waals surface area contributed by atoms with Gasteiger partial charge in [0, 0.05) is 30.8 Å². The van der Waals surface area contributed by atoms with Crippen LogP contribution in [0.2, 0.25) is 0 Å². The van der Waals surface area contributed by atoms with Crippen LogP contribution in [0.3, 0.4) is 0 Å². The predicted molar refractivity (Wildman–Crippen MR) is 174 cm³/mol. The highest BCUT2D eigenvalue weighted by Gasteiger charge is 2.40. The molecule has 228 valence electrons. The molecule has 1 saturated heterocycles. The molecule has 2 amide bonds. The number of hydrogen-bond acceptors (Lipinski definition) is 4. The molecule has 0 spiro atoms. The highest BCUT2D eigenvalue weighted by atomic mass is 31.2. The number of carbonyl (C=O) groups is 3. The Kier molecular flexibility index (Phi) is 8.63. The Morgan fingerprint density at radius 1 is 0.756 bits per heavy atom. The van der Waals surface area contributed by atoms with E-state index in [0.717, 1.165) is 10.8 Å². The number of nitrogens with one attached hydrogen (secondary N) is 1. The maximum Gasteiger partial charge on any atom is 0.340 e. The molecular weight excluding hydrogens is 587 g/mol. The molecule has 5 aromatic carbocycles. The first kappa shape index (κ1) is 30.4. The summed E-state index contributed by atoms with van der Waals surface area (Å²) >= 11 is 0. The number of Topliss-reactive ketones (excluding diaryl/α,β-unsaturated/α-hetero) is 1. The van der Waals surface area contributed by atoms with Crippen LogP contribution in [0, 0.1) is 5.92 Å². The van der Waals surface area contributed by atoms with Gasteiger partial charge in [-0.2, -0.15) is 0 Å². The van der Waals surface area contributed by atoms with Crippen LogP contribution < -0.4 is 5.32 Å². The molecular formula is C36H33N2O6P. The number of fused-ring (bicyclic) bond motifs is 2. The van der Waals surface area contributed by atoms with Gasteiger partial charge in [-0.25, -0.2) is 0 Å².